The number of isocyanates is 1. The Bertz CT molecular complexity index is 639. The van der Waals surface area contributed by atoms with Gasteiger partial charge < -0.3 is 9.15 Å². The number of ether oxygens (including phenoxy) is 1. The molecule has 0 unspecified atom stereocenters. The molecule has 0 saturated carbocycles. The van der Waals surface area contributed by atoms with Crippen LogP contribution in [0.1, 0.15) is 22.8 Å². The van der Waals surface area contributed by atoms with Crippen LogP contribution in [0, 0.1) is 6.92 Å². The Morgan fingerprint density at radius 1 is 1.63 bits per heavy atom. The van der Waals surface area contributed by atoms with Gasteiger partial charge in [0.2, 0.25) is 12.0 Å². The average Bonchev–Trinajstić information content (AvgIpc) is 2.98. The highest BCUT2D eigenvalue weighted by Crippen LogP contribution is 2.41. The molecule has 0 radical (unpaired) electrons. The molecular formula is C12H10N2O4S. The van der Waals surface area contributed by atoms with Gasteiger partial charge in [-0.25, -0.2) is 14.6 Å². The van der Waals surface area contributed by atoms with Crippen molar-refractivity contribution in [2.75, 3.05) is 6.61 Å². The van der Waals surface area contributed by atoms with Gasteiger partial charge in [0, 0.05) is 0 Å². The number of esters is 1. The Labute approximate surface area is 112 Å². The molecule has 0 amide bonds. The number of carbonyl (C=O) groups is 1. The summed E-state index contributed by atoms with van der Waals surface area (Å²) in [5.74, 6) is -0.150. The van der Waals surface area contributed by atoms with E-state index in [9.17, 15) is 9.59 Å². The lowest BCUT2D eigenvalue weighted by Gasteiger charge is -2.01. The van der Waals surface area contributed by atoms with E-state index < -0.39 is 5.97 Å². The maximum atomic E-state index is 11.9. The first-order chi connectivity index (χ1) is 9.19. The largest absolute Gasteiger partial charge is 0.462 e. The maximum absolute atomic E-state index is 11.9. The zero-order valence-corrected chi connectivity index (χ0v) is 11.1. The Morgan fingerprint density at radius 3 is 3.00 bits per heavy atom. The monoisotopic (exact) mass is 278 g/mol. The van der Waals surface area contributed by atoms with Crippen molar-refractivity contribution in [2.45, 2.75) is 13.8 Å². The molecule has 2 heterocycles. The molecule has 0 spiro atoms. The van der Waals surface area contributed by atoms with E-state index in [-0.39, 0.29) is 17.2 Å². The van der Waals surface area contributed by atoms with E-state index in [2.05, 4.69) is 9.98 Å². The summed E-state index contributed by atoms with van der Waals surface area (Å²) in [6, 6.07) is 0. The molecule has 2 rings (SSSR count). The molecule has 2 aromatic rings. The molecule has 0 aliphatic rings. The van der Waals surface area contributed by atoms with E-state index in [0.717, 1.165) is 11.3 Å². The summed E-state index contributed by atoms with van der Waals surface area (Å²) in [4.78, 5) is 30.5. The summed E-state index contributed by atoms with van der Waals surface area (Å²) in [6.07, 6.45) is 4.37. The number of thiophene rings is 1. The molecule has 0 atom stereocenters. The molecule has 6 nitrogen and oxygen atoms in total. The van der Waals surface area contributed by atoms with Crippen LogP contribution in [0.25, 0.3) is 10.8 Å². The van der Waals surface area contributed by atoms with Gasteiger partial charge in [0.05, 0.1) is 17.7 Å². The van der Waals surface area contributed by atoms with E-state index in [0.29, 0.717) is 16.3 Å². The first-order valence-electron chi connectivity index (χ1n) is 5.47. The van der Waals surface area contributed by atoms with E-state index in [1.165, 1.54) is 18.5 Å². The van der Waals surface area contributed by atoms with E-state index in [1.807, 2.05) is 0 Å². The summed E-state index contributed by atoms with van der Waals surface area (Å²) in [5, 5.41) is 0.249. The first-order valence-corrected chi connectivity index (χ1v) is 6.29. The minimum atomic E-state index is -0.525. The maximum Gasteiger partial charge on any atom is 0.341 e. The Kier molecular flexibility index (Phi) is 3.89. The Hall–Kier alpha value is -2.24. The summed E-state index contributed by atoms with van der Waals surface area (Å²) >= 11 is 1.14. The molecule has 0 aliphatic carbocycles. The predicted molar refractivity (Wildman–Crippen MR) is 68.3 cm³/mol. The molecule has 98 valence electrons. The van der Waals surface area contributed by atoms with Gasteiger partial charge in [-0.1, -0.05) is 0 Å². The van der Waals surface area contributed by atoms with Crippen LogP contribution in [-0.2, 0) is 9.53 Å². The van der Waals surface area contributed by atoms with E-state index in [4.69, 9.17) is 9.15 Å². The Balaban J connectivity index is 2.58. The number of rotatable bonds is 4. The van der Waals surface area contributed by atoms with Crippen LogP contribution >= 0.6 is 11.3 Å². The zero-order chi connectivity index (χ0) is 13.8. The molecule has 0 N–H and O–H groups in total. The van der Waals surface area contributed by atoms with Gasteiger partial charge >= 0.3 is 5.97 Å². The third kappa shape index (κ3) is 2.47. The van der Waals surface area contributed by atoms with Crippen molar-refractivity contribution in [1.82, 2.24) is 4.98 Å². The minimum absolute atomic E-state index is 0.243. The number of carbonyl (C=O) groups excluding carboxylic acids is 2. The molecule has 0 bridgehead atoms. The highest BCUT2D eigenvalue weighted by Gasteiger charge is 2.24. The highest BCUT2D eigenvalue weighted by atomic mass is 32.1. The fraction of sp³-hybridized carbons (Fsp3) is 0.250. The average molecular weight is 278 g/mol. The molecule has 0 fully saturated rings. The van der Waals surface area contributed by atoms with Crippen molar-refractivity contribution in [3.63, 3.8) is 0 Å². The Morgan fingerprint density at radius 2 is 2.42 bits per heavy atom. The zero-order valence-electron chi connectivity index (χ0n) is 10.3. The minimum Gasteiger partial charge on any atom is -0.462 e. The second-order valence-electron chi connectivity index (χ2n) is 3.50. The van der Waals surface area contributed by atoms with Crippen molar-refractivity contribution in [3.8, 4) is 10.8 Å². The number of aliphatic imine (C=N–C) groups is 1. The molecule has 0 aromatic carbocycles. The number of nitrogens with zero attached hydrogens (tertiary/aromatic N) is 2. The van der Waals surface area contributed by atoms with Gasteiger partial charge in [-0.3, -0.25) is 0 Å². The van der Waals surface area contributed by atoms with Gasteiger partial charge in [-0.05, 0) is 19.4 Å². The molecule has 0 aliphatic heterocycles. The third-order valence-corrected chi connectivity index (χ3v) is 3.56. The standard InChI is InChI=1S/C12H10N2O4S/c1-3-17-12(16)8-7(2)9(10-13-4-5-18-10)19-11(8)14-6-15/h4-5H,3H2,1-2H3. The number of hydrogen-bond acceptors (Lipinski definition) is 7. The highest BCUT2D eigenvalue weighted by molar-refractivity contribution is 7.19. The van der Waals surface area contributed by atoms with Gasteiger partial charge in [-0.15, -0.1) is 11.3 Å². The second-order valence-corrected chi connectivity index (χ2v) is 4.50. The van der Waals surface area contributed by atoms with Crippen LogP contribution in [0.4, 0.5) is 5.00 Å². The summed E-state index contributed by atoms with van der Waals surface area (Å²) in [6.45, 7) is 3.68. The normalized spacial score (nSPS) is 10.0. The molecule has 7 heteroatoms. The molecule has 2 aromatic heterocycles. The second kappa shape index (κ2) is 5.60. The fourth-order valence-electron chi connectivity index (χ4n) is 1.60. The fourth-order valence-corrected chi connectivity index (χ4v) is 2.66. The van der Waals surface area contributed by atoms with Gasteiger partial charge in [0.15, 0.2) is 0 Å². The predicted octanol–water partition coefficient (Wildman–Crippen LogP) is 2.86. The van der Waals surface area contributed by atoms with Gasteiger partial charge in [0.25, 0.3) is 0 Å². The van der Waals surface area contributed by atoms with Crippen molar-refractivity contribution >= 4 is 28.4 Å². The van der Waals surface area contributed by atoms with Crippen LogP contribution in [0.5, 0.6) is 0 Å². The van der Waals surface area contributed by atoms with Crippen molar-refractivity contribution in [3.05, 3.63) is 23.6 Å². The van der Waals surface area contributed by atoms with E-state index >= 15 is 0 Å². The van der Waals surface area contributed by atoms with Crippen LogP contribution in [0.15, 0.2) is 21.9 Å². The molecular weight excluding hydrogens is 268 g/mol. The summed E-state index contributed by atoms with van der Waals surface area (Å²) in [7, 11) is 0. The van der Waals surface area contributed by atoms with E-state index in [1.54, 1.807) is 13.8 Å². The quantitative estimate of drug-likeness (QED) is 0.488. The van der Waals surface area contributed by atoms with Crippen LogP contribution in [0.2, 0.25) is 0 Å². The summed E-state index contributed by atoms with van der Waals surface area (Å²) in [5.41, 5.74) is 0.878. The van der Waals surface area contributed by atoms with Gasteiger partial charge in [-0.2, -0.15) is 4.99 Å². The number of hydrogen-bond donors (Lipinski definition) is 0. The van der Waals surface area contributed by atoms with Crippen molar-refractivity contribution < 1.29 is 18.7 Å². The lowest BCUT2D eigenvalue weighted by atomic mass is 10.1. The first kappa shape index (κ1) is 13.2. The third-order valence-electron chi connectivity index (χ3n) is 2.38. The van der Waals surface area contributed by atoms with Crippen LogP contribution in [-0.4, -0.2) is 23.6 Å². The lowest BCUT2D eigenvalue weighted by Crippen LogP contribution is -2.05. The number of aromatic nitrogens is 1. The topological polar surface area (TPSA) is 81.8 Å². The SMILES string of the molecule is CCOC(=O)c1c(N=C=O)sc(-c2ncco2)c1C. The smallest absolute Gasteiger partial charge is 0.341 e. The molecule has 0 saturated heterocycles. The van der Waals surface area contributed by atoms with Crippen molar-refractivity contribution in [2.24, 2.45) is 4.99 Å². The lowest BCUT2D eigenvalue weighted by molar-refractivity contribution is 0.0527. The van der Waals surface area contributed by atoms with Gasteiger partial charge in [0.1, 0.15) is 16.8 Å². The van der Waals surface area contributed by atoms with Crippen LogP contribution < -0.4 is 0 Å². The van der Waals surface area contributed by atoms with Crippen molar-refractivity contribution in [1.29, 1.82) is 0 Å². The molecule has 19 heavy (non-hydrogen) atoms. The van der Waals surface area contributed by atoms with Crippen LogP contribution in [0.3, 0.4) is 0 Å². The summed E-state index contributed by atoms with van der Waals surface area (Å²) < 4.78 is 10.1. The number of oxazole rings is 1.